The van der Waals surface area contributed by atoms with Crippen LogP contribution in [0.5, 0.6) is 51.7 Å². The van der Waals surface area contributed by atoms with Gasteiger partial charge in [0.15, 0.2) is 28.6 Å². The maximum Gasteiger partial charge on any atom is 0.340 e. The molecule has 3 aliphatic heterocycles. The summed E-state index contributed by atoms with van der Waals surface area (Å²) in [6.45, 7) is 0.162. The molecular formula is C40H30O11. The Morgan fingerprint density at radius 1 is 0.765 bits per heavy atom. The minimum absolute atomic E-state index is 0.00688. The quantitative estimate of drug-likeness (QED) is 0.0821. The zero-order valence-electron chi connectivity index (χ0n) is 26.8. The molecule has 11 nitrogen and oxygen atoms in total. The number of carbonyl (C=O) groups excluding carboxylic acids is 1. The number of aromatic hydroxyl groups is 4. The van der Waals surface area contributed by atoms with Gasteiger partial charge in [0.25, 0.3) is 0 Å². The number of aliphatic hydroxyl groups is 1. The molecule has 3 unspecified atom stereocenters. The van der Waals surface area contributed by atoms with Crippen LogP contribution in [0.25, 0.3) is 0 Å². The molecule has 4 aliphatic rings. The monoisotopic (exact) mass is 686 g/mol. The molecule has 1 aliphatic carbocycles. The lowest BCUT2D eigenvalue weighted by Crippen LogP contribution is -2.44. The number of fused-ring (bicyclic) bond motifs is 11. The number of carbonyl (C=O) groups is 1. The summed E-state index contributed by atoms with van der Waals surface area (Å²) < 4.78 is 30.2. The van der Waals surface area contributed by atoms with Crippen LogP contribution in [0, 0.1) is 0 Å². The normalized spacial score (nSPS) is 21.7. The van der Waals surface area contributed by atoms with Crippen molar-refractivity contribution in [2.45, 2.75) is 23.5 Å². The van der Waals surface area contributed by atoms with Gasteiger partial charge < -0.3 is 49.2 Å². The topological polar surface area (TPSA) is 164 Å². The molecule has 0 radical (unpaired) electrons. The van der Waals surface area contributed by atoms with E-state index in [2.05, 4.69) is 0 Å². The van der Waals surface area contributed by atoms with Gasteiger partial charge >= 0.3 is 5.97 Å². The average molecular weight is 687 g/mol. The summed E-state index contributed by atoms with van der Waals surface area (Å²) in [4.78, 5) is 13.0. The Labute approximate surface area is 290 Å². The van der Waals surface area contributed by atoms with Gasteiger partial charge in [0.1, 0.15) is 48.4 Å². The summed E-state index contributed by atoms with van der Waals surface area (Å²) in [6.07, 6.45) is 3.70. The van der Waals surface area contributed by atoms with Crippen LogP contribution >= 0.6 is 0 Å². The van der Waals surface area contributed by atoms with Crippen LogP contribution in [0.1, 0.15) is 49.7 Å². The molecule has 0 saturated heterocycles. The highest BCUT2D eigenvalue weighted by molar-refractivity contribution is 5.97. The SMILES string of the molecule is O=C1OC2(c3ccc(O)cc3Oc3cc(OC/C=C/COc4c(O)ccc5c4OCC4(O)Cc6cc(O)c(O)cc6C54)ccc32)c2ccccc21. The van der Waals surface area contributed by atoms with Crippen LogP contribution in [0.2, 0.25) is 0 Å². The van der Waals surface area contributed by atoms with Gasteiger partial charge in [-0.05, 0) is 71.8 Å². The van der Waals surface area contributed by atoms with Gasteiger partial charge in [0, 0.05) is 46.7 Å². The van der Waals surface area contributed by atoms with Crippen molar-refractivity contribution < 1.29 is 54.0 Å². The number of esters is 1. The molecule has 256 valence electrons. The molecule has 51 heavy (non-hydrogen) atoms. The summed E-state index contributed by atoms with van der Waals surface area (Å²) >= 11 is 0. The summed E-state index contributed by atoms with van der Waals surface area (Å²) in [5.41, 5.74) is 1.79. The van der Waals surface area contributed by atoms with E-state index < -0.39 is 23.1 Å². The molecule has 3 atom stereocenters. The lowest BCUT2D eigenvalue weighted by atomic mass is 9.77. The molecule has 0 aromatic heterocycles. The molecule has 1 spiro atoms. The fourth-order valence-electron chi connectivity index (χ4n) is 7.80. The van der Waals surface area contributed by atoms with Gasteiger partial charge in [-0.1, -0.05) is 24.3 Å². The Morgan fingerprint density at radius 2 is 1.51 bits per heavy atom. The molecule has 5 aromatic carbocycles. The standard InChI is InChI=1S/C40H30O11/c41-22-7-10-28-33(16-22)50-34-17-23(8-11-29(34)40(28)27-6-2-1-5-24(27)38(45)51-40)47-13-3-4-14-48-37-30(42)12-9-25-35-26-18-32(44)31(43)15-21(26)19-39(35,46)20-49-36(25)37/h1-12,15-18,35,41-44,46H,13-14,19-20H2/b4-3+. The predicted molar refractivity (Wildman–Crippen MR) is 180 cm³/mol. The van der Waals surface area contributed by atoms with Gasteiger partial charge in [-0.15, -0.1) is 0 Å². The highest BCUT2D eigenvalue weighted by Crippen LogP contribution is 2.58. The Kier molecular flexibility index (Phi) is 6.68. The molecule has 3 heterocycles. The molecular weight excluding hydrogens is 656 g/mol. The third-order valence-corrected chi connectivity index (χ3v) is 9.99. The highest BCUT2D eigenvalue weighted by Gasteiger charge is 2.54. The molecule has 0 saturated carbocycles. The second kappa shape index (κ2) is 11.1. The first-order chi connectivity index (χ1) is 24.7. The summed E-state index contributed by atoms with van der Waals surface area (Å²) in [6, 6.07) is 23.3. The Morgan fingerprint density at radius 3 is 2.35 bits per heavy atom. The van der Waals surface area contributed by atoms with Crippen molar-refractivity contribution >= 4 is 5.97 Å². The van der Waals surface area contributed by atoms with Gasteiger partial charge in [0.05, 0.1) is 5.56 Å². The van der Waals surface area contributed by atoms with Crippen molar-refractivity contribution in [1.29, 1.82) is 0 Å². The highest BCUT2D eigenvalue weighted by atomic mass is 16.6. The number of ether oxygens (including phenoxy) is 5. The molecule has 0 fully saturated rings. The second-order valence-electron chi connectivity index (χ2n) is 13.0. The molecule has 5 aromatic rings. The Hall–Kier alpha value is -6.33. The zero-order chi connectivity index (χ0) is 35.1. The zero-order valence-corrected chi connectivity index (χ0v) is 26.8. The van der Waals surface area contributed by atoms with E-state index in [0.29, 0.717) is 61.9 Å². The minimum Gasteiger partial charge on any atom is -0.508 e. The number of hydrogen-bond acceptors (Lipinski definition) is 11. The summed E-state index contributed by atoms with van der Waals surface area (Å²) in [5.74, 6) is 0.00769. The first kappa shape index (κ1) is 30.7. The van der Waals surface area contributed by atoms with Crippen molar-refractivity contribution in [2.75, 3.05) is 19.8 Å². The number of benzene rings is 5. The van der Waals surface area contributed by atoms with E-state index in [0.717, 1.165) is 0 Å². The smallest absolute Gasteiger partial charge is 0.340 e. The first-order valence-electron chi connectivity index (χ1n) is 16.3. The van der Waals surface area contributed by atoms with Crippen LogP contribution in [0.15, 0.2) is 97.1 Å². The fourth-order valence-corrected chi connectivity index (χ4v) is 7.80. The van der Waals surface area contributed by atoms with Crippen molar-refractivity contribution in [3.05, 3.63) is 136 Å². The lowest BCUT2D eigenvalue weighted by molar-refractivity contribution is -0.0229. The van der Waals surface area contributed by atoms with Gasteiger partial charge in [0.2, 0.25) is 5.75 Å². The third-order valence-electron chi connectivity index (χ3n) is 9.99. The number of phenolic OH excluding ortho intramolecular Hbond substituents is 4. The lowest BCUT2D eigenvalue weighted by Gasteiger charge is -2.37. The molecule has 0 bridgehead atoms. The first-order valence-corrected chi connectivity index (χ1v) is 16.3. The molecule has 5 N–H and O–H groups in total. The molecule has 0 amide bonds. The van der Waals surface area contributed by atoms with E-state index in [-0.39, 0.29) is 55.0 Å². The van der Waals surface area contributed by atoms with Gasteiger partial charge in [-0.25, -0.2) is 4.79 Å². The van der Waals surface area contributed by atoms with Crippen LogP contribution < -0.4 is 18.9 Å². The van der Waals surface area contributed by atoms with Crippen LogP contribution in [-0.4, -0.2) is 56.9 Å². The Bertz CT molecular complexity index is 2310. The third kappa shape index (κ3) is 4.58. The van der Waals surface area contributed by atoms with E-state index in [4.69, 9.17) is 23.7 Å². The van der Waals surface area contributed by atoms with Gasteiger partial charge in [-0.2, -0.15) is 0 Å². The molecule has 11 heteroatoms. The van der Waals surface area contributed by atoms with Crippen LogP contribution in [0.3, 0.4) is 0 Å². The number of phenols is 4. The Balaban J connectivity index is 0.918. The van der Waals surface area contributed by atoms with Crippen molar-refractivity contribution in [3.63, 3.8) is 0 Å². The molecule has 9 rings (SSSR count). The van der Waals surface area contributed by atoms with E-state index in [1.165, 1.54) is 30.3 Å². The maximum atomic E-state index is 13.0. The number of hydrogen-bond donors (Lipinski definition) is 5. The average Bonchev–Trinajstić information content (AvgIpc) is 3.57. The maximum absolute atomic E-state index is 13.0. The fraction of sp³-hybridized carbons (Fsp3) is 0.175. The van der Waals surface area contributed by atoms with Crippen molar-refractivity contribution in [1.82, 2.24) is 0 Å². The largest absolute Gasteiger partial charge is 0.508 e. The van der Waals surface area contributed by atoms with Crippen LogP contribution in [-0.2, 0) is 16.8 Å². The van der Waals surface area contributed by atoms with E-state index in [9.17, 15) is 30.3 Å². The predicted octanol–water partition coefficient (Wildman–Crippen LogP) is 5.90. The van der Waals surface area contributed by atoms with E-state index in [1.54, 1.807) is 54.6 Å². The number of rotatable bonds is 6. The minimum atomic E-state index is -1.29. The van der Waals surface area contributed by atoms with E-state index >= 15 is 0 Å². The van der Waals surface area contributed by atoms with Crippen LogP contribution in [0.4, 0.5) is 0 Å². The second-order valence-corrected chi connectivity index (χ2v) is 13.0. The summed E-state index contributed by atoms with van der Waals surface area (Å²) in [5, 5.41) is 52.5. The van der Waals surface area contributed by atoms with Gasteiger partial charge in [-0.3, -0.25) is 0 Å². The summed E-state index contributed by atoms with van der Waals surface area (Å²) in [7, 11) is 0. The van der Waals surface area contributed by atoms with E-state index in [1.807, 2.05) is 12.1 Å². The van der Waals surface area contributed by atoms with Crippen molar-refractivity contribution in [3.8, 4) is 51.7 Å². The van der Waals surface area contributed by atoms with Crippen molar-refractivity contribution in [2.24, 2.45) is 0 Å².